The third-order valence-corrected chi connectivity index (χ3v) is 3.51. The van der Waals surface area contributed by atoms with Gasteiger partial charge in [0.2, 0.25) is 0 Å². The van der Waals surface area contributed by atoms with Crippen LogP contribution < -0.4 is 11.3 Å². The van der Waals surface area contributed by atoms with Gasteiger partial charge in [0.25, 0.3) is 5.56 Å². The van der Waals surface area contributed by atoms with Crippen LogP contribution in [0.3, 0.4) is 0 Å². The maximum atomic E-state index is 13.3. The SMILES string of the molecule is Cn1ccc2nc(C(F)(F)F)c(C(C=NCC(F)(F)C(F)(F)F)=CN)c(=O)n21. The summed E-state index contributed by atoms with van der Waals surface area (Å²) in [6.07, 6.45) is -9.15. The van der Waals surface area contributed by atoms with Crippen molar-refractivity contribution in [2.75, 3.05) is 6.54 Å². The Kier molecular flexibility index (Phi) is 5.27. The minimum Gasteiger partial charge on any atom is -0.404 e. The van der Waals surface area contributed by atoms with Gasteiger partial charge < -0.3 is 5.73 Å². The number of alkyl halides is 8. The standard InChI is InChI=1S/C14H11F8N5O/c1-26-3-2-8-25-10(13(17,18)19)9(11(28)27(8)26)7(4-23)5-24-6-12(15,16)14(20,21)22/h2-5H,6,23H2,1H3. The molecule has 0 aromatic carbocycles. The Balaban J connectivity index is 2.61. The Bertz CT molecular complexity index is 996. The minimum absolute atomic E-state index is 0.239. The summed E-state index contributed by atoms with van der Waals surface area (Å²) in [6, 6.07) is 1.12. The van der Waals surface area contributed by atoms with Gasteiger partial charge >= 0.3 is 18.3 Å². The maximum absolute atomic E-state index is 13.3. The lowest BCUT2D eigenvalue weighted by atomic mass is 10.1. The molecule has 0 saturated heterocycles. The van der Waals surface area contributed by atoms with Crippen molar-refractivity contribution in [1.29, 1.82) is 0 Å². The second kappa shape index (κ2) is 6.91. The number of halogens is 8. The second-order valence-electron chi connectivity index (χ2n) is 5.49. The highest BCUT2D eigenvalue weighted by Crippen LogP contribution is 2.36. The number of fused-ring (bicyclic) bond motifs is 1. The van der Waals surface area contributed by atoms with Gasteiger partial charge in [-0.25, -0.2) is 4.98 Å². The summed E-state index contributed by atoms with van der Waals surface area (Å²) in [6.45, 7) is -2.10. The van der Waals surface area contributed by atoms with E-state index in [9.17, 15) is 39.9 Å². The molecule has 6 nitrogen and oxygen atoms in total. The Morgan fingerprint density at radius 3 is 2.32 bits per heavy atom. The lowest BCUT2D eigenvalue weighted by Gasteiger charge is -2.17. The van der Waals surface area contributed by atoms with E-state index in [1.165, 1.54) is 13.2 Å². The van der Waals surface area contributed by atoms with Crippen LogP contribution in [0.15, 0.2) is 28.3 Å². The molecule has 0 fully saturated rings. The number of nitrogens with zero attached hydrogens (tertiary/aromatic N) is 4. The van der Waals surface area contributed by atoms with Gasteiger partial charge in [-0.1, -0.05) is 0 Å². The van der Waals surface area contributed by atoms with E-state index >= 15 is 0 Å². The number of aromatic nitrogens is 3. The normalized spacial score (nSPS) is 14.4. The second-order valence-corrected chi connectivity index (χ2v) is 5.49. The lowest BCUT2D eigenvalue weighted by Crippen LogP contribution is -2.39. The van der Waals surface area contributed by atoms with Gasteiger partial charge in [0.15, 0.2) is 11.3 Å². The molecule has 154 valence electrons. The first-order valence-corrected chi connectivity index (χ1v) is 7.23. The van der Waals surface area contributed by atoms with Crippen molar-refractivity contribution in [1.82, 2.24) is 14.2 Å². The molecule has 0 bridgehead atoms. The minimum atomic E-state index is -5.91. The van der Waals surface area contributed by atoms with Gasteiger partial charge in [0.1, 0.15) is 6.54 Å². The van der Waals surface area contributed by atoms with Crippen molar-refractivity contribution in [3.8, 4) is 0 Å². The first-order valence-electron chi connectivity index (χ1n) is 7.23. The van der Waals surface area contributed by atoms with Crippen molar-refractivity contribution in [3.63, 3.8) is 0 Å². The highest BCUT2D eigenvalue weighted by molar-refractivity contribution is 6.10. The molecule has 0 aliphatic heterocycles. The molecule has 0 aliphatic carbocycles. The molecular formula is C14H11F8N5O. The molecule has 0 radical (unpaired) electrons. The molecule has 0 amide bonds. The zero-order chi connectivity index (χ0) is 21.5. The molecule has 28 heavy (non-hydrogen) atoms. The molecular weight excluding hydrogens is 406 g/mol. The summed E-state index contributed by atoms with van der Waals surface area (Å²) >= 11 is 0. The Labute approximate surface area is 150 Å². The van der Waals surface area contributed by atoms with Crippen LogP contribution in [0.1, 0.15) is 11.3 Å². The fourth-order valence-electron chi connectivity index (χ4n) is 2.19. The predicted molar refractivity (Wildman–Crippen MR) is 82.0 cm³/mol. The number of rotatable bonds is 4. The summed E-state index contributed by atoms with van der Waals surface area (Å²) in [7, 11) is 1.32. The van der Waals surface area contributed by atoms with Crippen LogP contribution in [0.4, 0.5) is 35.1 Å². The van der Waals surface area contributed by atoms with Gasteiger partial charge in [-0.3, -0.25) is 14.5 Å². The Hall–Kier alpha value is -2.93. The summed E-state index contributed by atoms with van der Waals surface area (Å²) < 4.78 is 104. The largest absolute Gasteiger partial charge is 0.455 e. The van der Waals surface area contributed by atoms with Gasteiger partial charge in [-0.05, 0) is 0 Å². The average Bonchev–Trinajstić information content (AvgIpc) is 2.91. The molecule has 2 aromatic heterocycles. The molecule has 2 heterocycles. The van der Waals surface area contributed by atoms with Crippen molar-refractivity contribution in [3.05, 3.63) is 40.1 Å². The quantitative estimate of drug-likeness (QED) is 0.614. The van der Waals surface area contributed by atoms with Gasteiger partial charge in [-0.15, -0.1) is 0 Å². The van der Waals surface area contributed by atoms with E-state index in [0.717, 1.165) is 15.3 Å². The number of allylic oxidation sites excluding steroid dienone is 1. The van der Waals surface area contributed by atoms with Crippen molar-refractivity contribution >= 4 is 17.4 Å². The number of hydrogen-bond acceptors (Lipinski definition) is 4. The van der Waals surface area contributed by atoms with Crippen LogP contribution in [0, 0.1) is 0 Å². The predicted octanol–water partition coefficient (Wildman–Crippen LogP) is 2.62. The van der Waals surface area contributed by atoms with Crippen LogP contribution in [-0.2, 0) is 13.2 Å². The zero-order valence-corrected chi connectivity index (χ0v) is 13.8. The number of hydrogen-bond donors (Lipinski definition) is 1. The van der Waals surface area contributed by atoms with Crippen LogP contribution in [0.5, 0.6) is 0 Å². The number of nitrogens with two attached hydrogens (primary N) is 1. The van der Waals surface area contributed by atoms with E-state index in [1.807, 2.05) is 0 Å². The van der Waals surface area contributed by atoms with Crippen molar-refractivity contribution in [2.24, 2.45) is 17.8 Å². The molecule has 2 rings (SSSR count). The molecule has 14 heteroatoms. The van der Waals surface area contributed by atoms with Crippen LogP contribution in [0.2, 0.25) is 0 Å². The molecule has 0 unspecified atom stereocenters. The van der Waals surface area contributed by atoms with E-state index in [-0.39, 0.29) is 11.9 Å². The molecule has 0 atom stereocenters. The van der Waals surface area contributed by atoms with Crippen molar-refractivity contribution < 1.29 is 35.1 Å². The number of aliphatic imine (C=N–C) groups is 1. The molecule has 2 N–H and O–H groups in total. The summed E-state index contributed by atoms with van der Waals surface area (Å²) in [4.78, 5) is 18.7. The van der Waals surface area contributed by atoms with Crippen LogP contribution >= 0.6 is 0 Å². The maximum Gasteiger partial charge on any atom is 0.455 e. The molecule has 0 saturated carbocycles. The fourth-order valence-corrected chi connectivity index (χ4v) is 2.19. The van der Waals surface area contributed by atoms with Gasteiger partial charge in [0.05, 0.1) is 5.56 Å². The molecule has 0 spiro atoms. The van der Waals surface area contributed by atoms with E-state index in [0.29, 0.717) is 6.20 Å². The van der Waals surface area contributed by atoms with E-state index < -0.39 is 47.2 Å². The highest BCUT2D eigenvalue weighted by Gasteiger charge is 2.57. The van der Waals surface area contributed by atoms with E-state index in [4.69, 9.17) is 5.73 Å². The first-order chi connectivity index (χ1) is 12.7. The summed E-state index contributed by atoms with van der Waals surface area (Å²) in [5.74, 6) is -5.22. The summed E-state index contributed by atoms with van der Waals surface area (Å²) in [5, 5.41) is 0. The number of aryl methyl sites for hydroxylation is 1. The first kappa shape index (κ1) is 21.4. The fraction of sp³-hybridized carbons (Fsp3) is 0.357. The summed E-state index contributed by atoms with van der Waals surface area (Å²) in [5.41, 5.74) is -0.114. The Morgan fingerprint density at radius 2 is 1.82 bits per heavy atom. The lowest BCUT2D eigenvalue weighted by molar-refractivity contribution is -0.276. The third-order valence-electron chi connectivity index (χ3n) is 3.51. The van der Waals surface area contributed by atoms with E-state index in [2.05, 4.69) is 9.98 Å². The average molecular weight is 417 g/mol. The Morgan fingerprint density at radius 1 is 1.21 bits per heavy atom. The van der Waals surface area contributed by atoms with Crippen molar-refractivity contribution in [2.45, 2.75) is 18.3 Å². The van der Waals surface area contributed by atoms with Crippen LogP contribution in [-0.4, -0.2) is 39.0 Å². The van der Waals surface area contributed by atoms with Crippen LogP contribution in [0.25, 0.3) is 11.2 Å². The third kappa shape index (κ3) is 3.84. The highest BCUT2D eigenvalue weighted by atomic mass is 19.4. The van der Waals surface area contributed by atoms with Gasteiger partial charge in [-0.2, -0.15) is 39.6 Å². The molecule has 0 aliphatic rings. The van der Waals surface area contributed by atoms with E-state index in [1.54, 1.807) is 0 Å². The topological polar surface area (TPSA) is 77.7 Å². The van der Waals surface area contributed by atoms with Gasteiger partial charge in [0, 0.05) is 37.3 Å². The monoisotopic (exact) mass is 417 g/mol. The smallest absolute Gasteiger partial charge is 0.404 e. The molecule has 2 aromatic rings. The zero-order valence-electron chi connectivity index (χ0n) is 13.8.